The fourth-order valence-corrected chi connectivity index (χ4v) is 3.79. The van der Waals surface area contributed by atoms with Gasteiger partial charge < -0.3 is 28.6 Å². The standard InChI is InChI=1S/C23H29NO9S/c1-13(34)24-11-19(33-23(24)18-9-7-6-8-10-18)21(31-16(4)27)22(32-17(5)28)20(30-15(3)26)12-29-14(2)25/h6-10,19-23H,11-12H2,1-5H3/t19-,20+,21+,22+,23+/m0/s1. The molecule has 1 aromatic carbocycles. The Morgan fingerprint density at radius 1 is 0.941 bits per heavy atom. The van der Waals surface area contributed by atoms with E-state index in [1.807, 2.05) is 35.2 Å². The summed E-state index contributed by atoms with van der Waals surface area (Å²) >= 11 is 5.40. The Bertz CT molecular complexity index is 907. The molecule has 0 radical (unpaired) electrons. The molecular weight excluding hydrogens is 466 g/mol. The Balaban J connectivity index is 2.46. The fraction of sp³-hybridized carbons (Fsp3) is 0.522. The van der Waals surface area contributed by atoms with E-state index in [4.69, 9.17) is 35.9 Å². The zero-order valence-corrected chi connectivity index (χ0v) is 20.5. The molecule has 34 heavy (non-hydrogen) atoms. The van der Waals surface area contributed by atoms with Crippen LogP contribution >= 0.6 is 12.2 Å². The summed E-state index contributed by atoms with van der Waals surface area (Å²) < 4.78 is 27.5. The molecule has 1 heterocycles. The van der Waals surface area contributed by atoms with Crippen molar-refractivity contribution in [3.8, 4) is 0 Å². The van der Waals surface area contributed by atoms with Crippen LogP contribution in [-0.2, 0) is 42.9 Å². The third-order valence-corrected chi connectivity index (χ3v) is 5.12. The lowest BCUT2D eigenvalue weighted by Gasteiger charge is -2.34. The molecule has 186 valence electrons. The van der Waals surface area contributed by atoms with E-state index in [2.05, 4.69) is 0 Å². The molecule has 1 saturated heterocycles. The van der Waals surface area contributed by atoms with Crippen LogP contribution in [0.4, 0.5) is 0 Å². The zero-order chi connectivity index (χ0) is 25.4. The van der Waals surface area contributed by atoms with Crippen LogP contribution in [0.25, 0.3) is 0 Å². The summed E-state index contributed by atoms with van der Waals surface area (Å²) in [5, 5.41) is 0. The third-order valence-electron chi connectivity index (χ3n) is 4.88. The van der Waals surface area contributed by atoms with Gasteiger partial charge >= 0.3 is 23.9 Å². The number of thiocarbonyl (C=S) groups is 1. The van der Waals surface area contributed by atoms with Crippen molar-refractivity contribution in [2.75, 3.05) is 13.2 Å². The molecule has 0 saturated carbocycles. The van der Waals surface area contributed by atoms with Crippen LogP contribution in [0.1, 0.15) is 46.4 Å². The van der Waals surface area contributed by atoms with Crippen LogP contribution in [0.3, 0.4) is 0 Å². The Morgan fingerprint density at radius 2 is 1.53 bits per heavy atom. The molecule has 10 nitrogen and oxygen atoms in total. The summed E-state index contributed by atoms with van der Waals surface area (Å²) in [6, 6.07) is 9.30. The van der Waals surface area contributed by atoms with Crippen molar-refractivity contribution in [1.29, 1.82) is 0 Å². The van der Waals surface area contributed by atoms with Crippen LogP contribution in [0, 0.1) is 0 Å². The van der Waals surface area contributed by atoms with Crippen molar-refractivity contribution in [2.45, 2.75) is 65.3 Å². The second-order valence-corrected chi connectivity index (χ2v) is 8.30. The molecule has 1 aliphatic heterocycles. The van der Waals surface area contributed by atoms with E-state index >= 15 is 0 Å². The maximum atomic E-state index is 12.0. The van der Waals surface area contributed by atoms with E-state index in [1.54, 1.807) is 6.92 Å². The SMILES string of the molecule is CC(=O)OC[C@@H](OC(C)=O)[C@@H](OC(C)=O)[C@H](OC(C)=O)[C@@H]1CN(C(C)=S)[C@@H](c2ccccc2)O1. The van der Waals surface area contributed by atoms with Crippen molar-refractivity contribution in [3.63, 3.8) is 0 Å². The monoisotopic (exact) mass is 495 g/mol. The molecule has 0 aromatic heterocycles. The summed E-state index contributed by atoms with van der Waals surface area (Å²) in [4.78, 5) is 49.5. The number of rotatable bonds is 9. The van der Waals surface area contributed by atoms with E-state index in [-0.39, 0.29) is 6.54 Å². The predicted molar refractivity (Wildman–Crippen MR) is 122 cm³/mol. The van der Waals surface area contributed by atoms with Crippen molar-refractivity contribution in [3.05, 3.63) is 35.9 Å². The number of ether oxygens (including phenoxy) is 5. The Morgan fingerprint density at radius 3 is 2.03 bits per heavy atom. The molecular formula is C23H29NO9S. The number of hydrogen-bond donors (Lipinski definition) is 0. The summed E-state index contributed by atoms with van der Waals surface area (Å²) in [5.41, 5.74) is 0.816. The Hall–Kier alpha value is -3.05. The van der Waals surface area contributed by atoms with Crippen LogP contribution in [0.15, 0.2) is 30.3 Å². The van der Waals surface area contributed by atoms with Gasteiger partial charge in [-0.2, -0.15) is 0 Å². The first-order chi connectivity index (χ1) is 16.0. The van der Waals surface area contributed by atoms with Gasteiger partial charge in [0.2, 0.25) is 0 Å². The largest absolute Gasteiger partial charge is 0.462 e. The first-order valence-corrected chi connectivity index (χ1v) is 11.0. The van der Waals surface area contributed by atoms with E-state index in [1.165, 1.54) is 13.8 Å². The summed E-state index contributed by atoms with van der Waals surface area (Å²) in [6.45, 7) is 6.20. The smallest absolute Gasteiger partial charge is 0.303 e. The highest BCUT2D eigenvalue weighted by atomic mass is 32.1. The van der Waals surface area contributed by atoms with Crippen LogP contribution in [0.2, 0.25) is 0 Å². The second kappa shape index (κ2) is 12.4. The highest BCUT2D eigenvalue weighted by Gasteiger charge is 2.48. The third kappa shape index (κ3) is 7.77. The minimum Gasteiger partial charge on any atom is -0.462 e. The maximum absolute atomic E-state index is 12.0. The number of carbonyl (C=O) groups excluding carboxylic acids is 4. The molecule has 1 aliphatic rings. The van der Waals surface area contributed by atoms with E-state index < -0.39 is 61.1 Å². The molecule has 1 fully saturated rings. The first kappa shape index (κ1) is 27.2. The lowest BCUT2D eigenvalue weighted by Crippen LogP contribution is -2.53. The molecule has 0 spiro atoms. The van der Waals surface area contributed by atoms with Crippen LogP contribution in [0.5, 0.6) is 0 Å². The molecule has 0 bridgehead atoms. The van der Waals surface area contributed by atoms with Gasteiger partial charge in [0.15, 0.2) is 24.5 Å². The summed E-state index contributed by atoms with van der Waals surface area (Å²) in [5.74, 6) is -2.73. The lowest BCUT2D eigenvalue weighted by atomic mass is 10.0. The molecule has 0 aliphatic carbocycles. The maximum Gasteiger partial charge on any atom is 0.303 e. The highest BCUT2D eigenvalue weighted by molar-refractivity contribution is 7.80. The van der Waals surface area contributed by atoms with Crippen LogP contribution in [-0.4, -0.2) is 71.3 Å². The van der Waals surface area contributed by atoms with Gasteiger partial charge in [0.05, 0.1) is 11.5 Å². The zero-order valence-electron chi connectivity index (χ0n) is 19.7. The predicted octanol–water partition coefficient (Wildman–Crippen LogP) is 2.09. The van der Waals surface area contributed by atoms with Gasteiger partial charge in [0, 0.05) is 33.3 Å². The van der Waals surface area contributed by atoms with Gasteiger partial charge in [-0.1, -0.05) is 42.5 Å². The number of nitrogens with zero attached hydrogens (tertiary/aromatic N) is 1. The van der Waals surface area contributed by atoms with Gasteiger partial charge in [-0.05, 0) is 6.92 Å². The molecule has 5 atom stereocenters. The van der Waals surface area contributed by atoms with Gasteiger partial charge in [-0.25, -0.2) is 0 Å². The molecule has 0 unspecified atom stereocenters. The second-order valence-electron chi connectivity index (χ2n) is 7.71. The van der Waals surface area contributed by atoms with Crippen molar-refractivity contribution in [1.82, 2.24) is 4.90 Å². The minimum absolute atomic E-state index is 0.199. The van der Waals surface area contributed by atoms with Gasteiger partial charge in [-0.15, -0.1) is 0 Å². The quantitative estimate of drug-likeness (QED) is 0.285. The van der Waals surface area contributed by atoms with Crippen LogP contribution < -0.4 is 0 Å². The van der Waals surface area contributed by atoms with Gasteiger partial charge in [-0.3, -0.25) is 19.2 Å². The van der Waals surface area contributed by atoms with E-state index in [0.29, 0.717) is 4.99 Å². The number of benzene rings is 1. The molecule has 11 heteroatoms. The fourth-order valence-electron chi connectivity index (χ4n) is 3.62. The number of carbonyl (C=O) groups is 4. The molecule has 0 N–H and O–H groups in total. The Kier molecular flexibility index (Phi) is 9.94. The number of hydrogen-bond acceptors (Lipinski definition) is 10. The molecule has 0 amide bonds. The van der Waals surface area contributed by atoms with E-state index in [9.17, 15) is 19.2 Å². The van der Waals surface area contributed by atoms with E-state index in [0.717, 1.165) is 19.4 Å². The number of esters is 4. The molecule has 1 aromatic rings. The Labute approximate surface area is 203 Å². The normalized spacial score (nSPS) is 20.0. The average Bonchev–Trinajstić information content (AvgIpc) is 3.19. The first-order valence-electron chi connectivity index (χ1n) is 10.6. The van der Waals surface area contributed by atoms with Crippen molar-refractivity contribution < 1.29 is 42.9 Å². The minimum atomic E-state index is -1.32. The van der Waals surface area contributed by atoms with Crippen molar-refractivity contribution >= 4 is 41.1 Å². The summed E-state index contributed by atoms with van der Waals surface area (Å²) in [7, 11) is 0. The van der Waals surface area contributed by atoms with Gasteiger partial charge in [0.25, 0.3) is 0 Å². The lowest BCUT2D eigenvalue weighted by molar-refractivity contribution is -0.200. The summed E-state index contributed by atoms with van der Waals surface area (Å²) in [6.07, 6.45) is -5.19. The molecule has 2 rings (SSSR count). The average molecular weight is 496 g/mol. The van der Waals surface area contributed by atoms with Gasteiger partial charge in [0.1, 0.15) is 12.7 Å². The van der Waals surface area contributed by atoms with Crippen molar-refractivity contribution in [2.24, 2.45) is 0 Å². The highest BCUT2D eigenvalue weighted by Crippen LogP contribution is 2.34. The topological polar surface area (TPSA) is 118 Å².